The predicted molar refractivity (Wildman–Crippen MR) is 66.2 cm³/mol. The van der Waals surface area contributed by atoms with Crippen LogP contribution in [0.3, 0.4) is 0 Å². The molecule has 0 saturated heterocycles. The van der Waals surface area contributed by atoms with Crippen molar-refractivity contribution in [3.8, 4) is 0 Å². The zero-order chi connectivity index (χ0) is 12.4. The molecular formula is C14H12FNO. The number of halogens is 1. The molecule has 2 nitrogen and oxygen atoms in total. The van der Waals surface area contributed by atoms with E-state index in [4.69, 9.17) is 0 Å². The van der Waals surface area contributed by atoms with E-state index in [1.807, 2.05) is 0 Å². The van der Waals surface area contributed by atoms with Crippen molar-refractivity contribution in [2.24, 2.45) is 0 Å². The van der Waals surface area contributed by atoms with Crippen molar-refractivity contribution in [2.75, 3.05) is 11.4 Å². The third kappa shape index (κ3) is 1.80. The summed E-state index contributed by atoms with van der Waals surface area (Å²) in [6, 6.07) is 6.21. The van der Waals surface area contributed by atoms with E-state index in [1.165, 1.54) is 17.0 Å². The van der Waals surface area contributed by atoms with E-state index in [0.29, 0.717) is 12.1 Å². The Labute approximate surface area is 99.4 Å². The minimum absolute atomic E-state index is 0.236. The number of carbonyl (C=O) groups excluding carboxylic acids is 1. The Balaban J connectivity index is 2.41. The summed E-state index contributed by atoms with van der Waals surface area (Å²) in [5, 5.41) is 0. The molecule has 0 fully saturated rings. The number of anilines is 1. The average molecular weight is 229 g/mol. The van der Waals surface area contributed by atoms with Gasteiger partial charge in [-0.15, -0.1) is 0 Å². The van der Waals surface area contributed by atoms with Crippen LogP contribution < -0.4 is 4.90 Å². The molecule has 1 heterocycles. The van der Waals surface area contributed by atoms with E-state index < -0.39 is 5.82 Å². The number of benzene rings is 1. The van der Waals surface area contributed by atoms with Crippen LogP contribution in [0.2, 0.25) is 0 Å². The normalized spacial score (nSPS) is 15.4. The highest BCUT2D eigenvalue weighted by Gasteiger charge is 2.29. The van der Waals surface area contributed by atoms with Crippen molar-refractivity contribution in [3.05, 3.63) is 66.5 Å². The maximum Gasteiger partial charge on any atom is 0.259 e. The first-order valence-electron chi connectivity index (χ1n) is 5.23. The lowest BCUT2D eigenvalue weighted by Gasteiger charge is -2.17. The van der Waals surface area contributed by atoms with Gasteiger partial charge < -0.3 is 4.90 Å². The van der Waals surface area contributed by atoms with Crippen molar-refractivity contribution in [1.29, 1.82) is 0 Å². The van der Waals surface area contributed by atoms with Gasteiger partial charge in [-0.05, 0) is 17.7 Å². The molecule has 17 heavy (non-hydrogen) atoms. The second-order valence-corrected chi connectivity index (χ2v) is 3.69. The Hall–Kier alpha value is -2.16. The number of nitrogens with zero attached hydrogens (tertiary/aromatic N) is 1. The summed E-state index contributed by atoms with van der Waals surface area (Å²) in [7, 11) is 0. The van der Waals surface area contributed by atoms with Crippen molar-refractivity contribution in [3.63, 3.8) is 0 Å². The van der Waals surface area contributed by atoms with E-state index in [1.54, 1.807) is 24.3 Å². The van der Waals surface area contributed by atoms with Crippen LogP contribution >= 0.6 is 0 Å². The summed E-state index contributed by atoms with van der Waals surface area (Å²) in [6.07, 6.45) is 3.09. The lowest BCUT2D eigenvalue weighted by Crippen LogP contribution is -2.27. The molecule has 0 radical (unpaired) electrons. The van der Waals surface area contributed by atoms with Gasteiger partial charge in [-0.25, -0.2) is 4.39 Å². The number of amides is 1. The quantitative estimate of drug-likeness (QED) is 0.780. The maximum absolute atomic E-state index is 13.6. The molecule has 0 aliphatic carbocycles. The average Bonchev–Trinajstić information content (AvgIpc) is 2.66. The molecule has 0 N–H and O–H groups in total. The second-order valence-electron chi connectivity index (χ2n) is 3.69. The Kier molecular flexibility index (Phi) is 2.91. The summed E-state index contributed by atoms with van der Waals surface area (Å²) in [6.45, 7) is 7.58. The van der Waals surface area contributed by atoms with Crippen LogP contribution in [0.15, 0.2) is 60.7 Å². The fourth-order valence-electron chi connectivity index (χ4n) is 1.87. The summed E-state index contributed by atoms with van der Waals surface area (Å²) in [4.78, 5) is 13.4. The summed E-state index contributed by atoms with van der Waals surface area (Å²) in [5.41, 5.74) is 1.55. The van der Waals surface area contributed by atoms with Gasteiger partial charge in [-0.3, -0.25) is 4.79 Å². The Morgan fingerprint density at radius 2 is 1.94 bits per heavy atom. The number of para-hydroxylation sites is 1. The zero-order valence-electron chi connectivity index (χ0n) is 9.32. The van der Waals surface area contributed by atoms with Gasteiger partial charge in [-0.2, -0.15) is 0 Å². The van der Waals surface area contributed by atoms with E-state index >= 15 is 0 Å². The molecule has 86 valence electrons. The number of rotatable bonds is 3. The standard InChI is InChI=1S/C14H12FNO/c1-3-10-9-16(14(17)11(10)4-2)13-8-6-5-7-12(13)15/h3-8H,1-2,9H2. The Morgan fingerprint density at radius 1 is 1.24 bits per heavy atom. The Morgan fingerprint density at radius 3 is 2.47 bits per heavy atom. The van der Waals surface area contributed by atoms with Gasteiger partial charge in [0.2, 0.25) is 0 Å². The van der Waals surface area contributed by atoms with E-state index in [0.717, 1.165) is 5.57 Å². The summed E-state index contributed by atoms with van der Waals surface area (Å²) in [5.74, 6) is -0.644. The minimum atomic E-state index is -0.408. The molecule has 1 aliphatic heterocycles. The molecular weight excluding hydrogens is 217 g/mol. The van der Waals surface area contributed by atoms with E-state index in [-0.39, 0.29) is 11.6 Å². The van der Waals surface area contributed by atoms with Gasteiger partial charge in [0.1, 0.15) is 5.82 Å². The zero-order valence-corrected chi connectivity index (χ0v) is 9.32. The Bertz CT molecular complexity index is 531. The molecule has 1 aromatic carbocycles. The highest BCUT2D eigenvalue weighted by atomic mass is 19.1. The lowest BCUT2D eigenvalue weighted by molar-refractivity contribution is -0.114. The third-order valence-corrected chi connectivity index (χ3v) is 2.74. The number of hydrogen-bond donors (Lipinski definition) is 0. The predicted octanol–water partition coefficient (Wildman–Crippen LogP) is 2.84. The highest BCUT2D eigenvalue weighted by molar-refractivity contribution is 6.11. The summed E-state index contributed by atoms with van der Waals surface area (Å²) < 4.78 is 13.6. The molecule has 2 rings (SSSR count). The molecule has 0 aromatic heterocycles. The minimum Gasteiger partial charge on any atom is -0.301 e. The molecule has 0 bridgehead atoms. The topological polar surface area (TPSA) is 20.3 Å². The van der Waals surface area contributed by atoms with Crippen LogP contribution in [-0.2, 0) is 4.79 Å². The summed E-state index contributed by atoms with van der Waals surface area (Å²) >= 11 is 0. The van der Waals surface area contributed by atoms with Crippen molar-refractivity contribution in [1.82, 2.24) is 0 Å². The molecule has 3 heteroatoms. The molecule has 1 aliphatic rings. The highest BCUT2D eigenvalue weighted by Crippen LogP contribution is 2.28. The van der Waals surface area contributed by atoms with Crippen LogP contribution in [0.1, 0.15) is 0 Å². The van der Waals surface area contributed by atoms with Gasteiger partial charge in [0.15, 0.2) is 0 Å². The lowest BCUT2D eigenvalue weighted by atomic mass is 10.1. The molecule has 1 aromatic rings. The smallest absolute Gasteiger partial charge is 0.259 e. The largest absolute Gasteiger partial charge is 0.301 e. The number of carbonyl (C=O) groups is 1. The SMILES string of the molecule is C=CC1=C(C=C)C(=O)N(c2ccccc2F)C1. The van der Waals surface area contributed by atoms with Crippen LogP contribution in [-0.4, -0.2) is 12.5 Å². The molecule has 0 saturated carbocycles. The van der Waals surface area contributed by atoms with Gasteiger partial charge in [0.05, 0.1) is 12.2 Å². The van der Waals surface area contributed by atoms with Gasteiger partial charge in [0, 0.05) is 5.57 Å². The first-order valence-corrected chi connectivity index (χ1v) is 5.23. The fraction of sp³-hybridized carbons (Fsp3) is 0.0714. The molecule has 0 atom stereocenters. The second kappa shape index (κ2) is 4.37. The van der Waals surface area contributed by atoms with E-state index in [9.17, 15) is 9.18 Å². The number of hydrogen-bond acceptors (Lipinski definition) is 1. The first kappa shape index (κ1) is 11.3. The van der Waals surface area contributed by atoms with Gasteiger partial charge in [-0.1, -0.05) is 37.4 Å². The molecule has 0 unspecified atom stereocenters. The van der Waals surface area contributed by atoms with Crippen molar-refractivity contribution in [2.45, 2.75) is 0 Å². The van der Waals surface area contributed by atoms with Crippen LogP contribution in [0.25, 0.3) is 0 Å². The van der Waals surface area contributed by atoms with Crippen LogP contribution in [0.4, 0.5) is 10.1 Å². The fourth-order valence-corrected chi connectivity index (χ4v) is 1.87. The van der Waals surface area contributed by atoms with Crippen LogP contribution in [0.5, 0.6) is 0 Å². The van der Waals surface area contributed by atoms with E-state index in [2.05, 4.69) is 13.2 Å². The van der Waals surface area contributed by atoms with Crippen LogP contribution in [0, 0.1) is 5.82 Å². The third-order valence-electron chi connectivity index (χ3n) is 2.74. The molecule has 1 amide bonds. The first-order chi connectivity index (χ1) is 8.19. The monoisotopic (exact) mass is 229 g/mol. The molecule has 0 spiro atoms. The maximum atomic E-state index is 13.6. The van der Waals surface area contributed by atoms with Crippen molar-refractivity contribution < 1.29 is 9.18 Å². The van der Waals surface area contributed by atoms with Gasteiger partial charge in [0.25, 0.3) is 5.91 Å². The van der Waals surface area contributed by atoms with Gasteiger partial charge >= 0.3 is 0 Å². The van der Waals surface area contributed by atoms with Crippen molar-refractivity contribution >= 4 is 11.6 Å².